The molecule has 2 atom stereocenters. The summed E-state index contributed by atoms with van der Waals surface area (Å²) in [6.07, 6.45) is 4.79. The van der Waals surface area contributed by atoms with Crippen molar-refractivity contribution < 1.29 is 0 Å². The van der Waals surface area contributed by atoms with Crippen LogP contribution in [0.5, 0.6) is 0 Å². The van der Waals surface area contributed by atoms with Gasteiger partial charge in [-0.25, -0.2) is 0 Å². The van der Waals surface area contributed by atoms with E-state index in [0.717, 1.165) is 18.5 Å². The first-order valence-corrected chi connectivity index (χ1v) is 6.21. The number of anilines is 1. The Morgan fingerprint density at radius 2 is 1.88 bits per heavy atom. The van der Waals surface area contributed by atoms with Gasteiger partial charge in [-0.05, 0) is 37.1 Å². The maximum absolute atomic E-state index is 8.77. The van der Waals surface area contributed by atoms with Crippen molar-refractivity contribution in [1.29, 1.82) is 5.26 Å². The first-order valence-electron chi connectivity index (χ1n) is 6.21. The molecule has 0 radical (unpaired) electrons. The van der Waals surface area contributed by atoms with Gasteiger partial charge in [0.1, 0.15) is 0 Å². The van der Waals surface area contributed by atoms with Crippen molar-refractivity contribution in [3.63, 3.8) is 0 Å². The first-order chi connectivity index (χ1) is 8.22. The van der Waals surface area contributed by atoms with Crippen LogP contribution in [0, 0.1) is 11.3 Å². The zero-order chi connectivity index (χ0) is 12.3. The third-order valence-electron chi connectivity index (χ3n) is 3.68. The molecule has 2 unspecified atom stereocenters. The molecule has 2 rings (SSSR count). The standard InChI is InChI=1S/C14H19N3/c1-17(14-5-3-2-4-13(14)16)12-8-6-11(10-15)7-9-12/h6-9,13-14H,2-5,16H2,1H3. The molecule has 1 aliphatic rings. The summed E-state index contributed by atoms with van der Waals surface area (Å²) >= 11 is 0. The van der Waals surface area contributed by atoms with Gasteiger partial charge in [-0.2, -0.15) is 5.26 Å². The van der Waals surface area contributed by atoms with Gasteiger partial charge in [-0.1, -0.05) is 12.8 Å². The Kier molecular flexibility index (Phi) is 3.65. The molecule has 3 heteroatoms. The number of benzene rings is 1. The summed E-state index contributed by atoms with van der Waals surface area (Å²) in [6.45, 7) is 0. The van der Waals surface area contributed by atoms with E-state index in [-0.39, 0.29) is 6.04 Å². The Bertz CT molecular complexity index is 404. The molecule has 0 saturated heterocycles. The lowest BCUT2D eigenvalue weighted by Gasteiger charge is -2.37. The van der Waals surface area contributed by atoms with E-state index in [4.69, 9.17) is 11.0 Å². The highest BCUT2D eigenvalue weighted by Crippen LogP contribution is 2.25. The molecular formula is C14H19N3. The lowest BCUT2D eigenvalue weighted by molar-refractivity contribution is 0.373. The Morgan fingerprint density at radius 3 is 2.47 bits per heavy atom. The maximum Gasteiger partial charge on any atom is 0.0991 e. The molecule has 0 bridgehead atoms. The fourth-order valence-electron chi connectivity index (χ4n) is 2.58. The largest absolute Gasteiger partial charge is 0.370 e. The monoisotopic (exact) mass is 229 g/mol. The zero-order valence-corrected chi connectivity index (χ0v) is 10.3. The number of rotatable bonds is 2. The van der Waals surface area contributed by atoms with Gasteiger partial charge in [0.25, 0.3) is 0 Å². The zero-order valence-electron chi connectivity index (χ0n) is 10.3. The normalized spacial score (nSPS) is 24.1. The Balaban J connectivity index is 2.12. The van der Waals surface area contributed by atoms with E-state index in [1.165, 1.54) is 12.8 Å². The molecule has 1 saturated carbocycles. The highest BCUT2D eigenvalue weighted by Gasteiger charge is 2.25. The van der Waals surface area contributed by atoms with Gasteiger partial charge in [-0.3, -0.25) is 0 Å². The summed E-state index contributed by atoms with van der Waals surface area (Å²) in [7, 11) is 2.09. The third kappa shape index (κ3) is 2.59. The molecule has 2 N–H and O–H groups in total. The minimum atomic E-state index is 0.268. The van der Waals surface area contributed by atoms with E-state index in [1.54, 1.807) is 0 Å². The van der Waals surface area contributed by atoms with Gasteiger partial charge in [0.15, 0.2) is 0 Å². The van der Waals surface area contributed by atoms with Crippen molar-refractivity contribution in [1.82, 2.24) is 0 Å². The second kappa shape index (κ2) is 5.20. The number of hydrogen-bond acceptors (Lipinski definition) is 3. The highest BCUT2D eigenvalue weighted by molar-refractivity contribution is 5.50. The van der Waals surface area contributed by atoms with E-state index in [1.807, 2.05) is 24.3 Å². The van der Waals surface area contributed by atoms with E-state index < -0.39 is 0 Å². The van der Waals surface area contributed by atoms with E-state index in [2.05, 4.69) is 18.0 Å². The summed E-state index contributed by atoms with van der Waals surface area (Å²) < 4.78 is 0. The minimum Gasteiger partial charge on any atom is -0.370 e. The van der Waals surface area contributed by atoms with Crippen molar-refractivity contribution in [2.45, 2.75) is 37.8 Å². The van der Waals surface area contributed by atoms with Gasteiger partial charge in [0.05, 0.1) is 11.6 Å². The van der Waals surface area contributed by atoms with Gasteiger partial charge >= 0.3 is 0 Å². The van der Waals surface area contributed by atoms with Crippen LogP contribution < -0.4 is 10.6 Å². The van der Waals surface area contributed by atoms with Gasteiger partial charge < -0.3 is 10.6 Å². The molecule has 1 aromatic carbocycles. The van der Waals surface area contributed by atoms with Gasteiger partial charge in [-0.15, -0.1) is 0 Å². The van der Waals surface area contributed by atoms with Gasteiger partial charge in [0.2, 0.25) is 0 Å². The molecule has 0 heterocycles. The Hall–Kier alpha value is -1.53. The lowest BCUT2D eigenvalue weighted by Crippen LogP contribution is -2.48. The number of likely N-dealkylation sites (N-methyl/N-ethyl adjacent to an activating group) is 1. The average molecular weight is 229 g/mol. The SMILES string of the molecule is CN(c1ccc(C#N)cc1)C1CCCCC1N. The number of nitriles is 1. The quantitative estimate of drug-likeness (QED) is 0.846. The molecule has 17 heavy (non-hydrogen) atoms. The van der Waals surface area contributed by atoms with Crippen LogP contribution in [-0.4, -0.2) is 19.1 Å². The lowest BCUT2D eigenvalue weighted by atomic mass is 9.90. The van der Waals surface area contributed by atoms with Crippen molar-refractivity contribution in [2.24, 2.45) is 5.73 Å². The third-order valence-corrected chi connectivity index (χ3v) is 3.68. The summed E-state index contributed by atoms with van der Waals surface area (Å²) in [5.74, 6) is 0. The van der Waals surface area contributed by atoms with Crippen LogP contribution in [0.4, 0.5) is 5.69 Å². The van der Waals surface area contributed by atoms with Gasteiger partial charge in [0, 0.05) is 24.8 Å². The van der Waals surface area contributed by atoms with E-state index >= 15 is 0 Å². The van der Waals surface area contributed by atoms with Crippen LogP contribution in [0.2, 0.25) is 0 Å². The van der Waals surface area contributed by atoms with E-state index in [9.17, 15) is 0 Å². The van der Waals surface area contributed by atoms with Crippen LogP contribution in [0.25, 0.3) is 0 Å². The predicted molar refractivity (Wildman–Crippen MR) is 69.8 cm³/mol. The molecule has 3 nitrogen and oxygen atoms in total. The van der Waals surface area contributed by atoms with Crippen LogP contribution >= 0.6 is 0 Å². The van der Waals surface area contributed by atoms with Crippen LogP contribution in [0.1, 0.15) is 31.2 Å². The summed E-state index contributed by atoms with van der Waals surface area (Å²) in [5.41, 5.74) is 8.03. The predicted octanol–water partition coefficient (Wildman–Crippen LogP) is 2.26. The topological polar surface area (TPSA) is 53.0 Å². The average Bonchev–Trinajstić information content (AvgIpc) is 2.39. The summed E-state index contributed by atoms with van der Waals surface area (Å²) in [4.78, 5) is 2.25. The molecular weight excluding hydrogens is 210 g/mol. The molecule has 1 fully saturated rings. The number of nitrogens with two attached hydrogens (primary N) is 1. The molecule has 90 valence electrons. The molecule has 1 aliphatic carbocycles. The number of hydrogen-bond donors (Lipinski definition) is 1. The maximum atomic E-state index is 8.77. The smallest absolute Gasteiger partial charge is 0.0991 e. The van der Waals surface area contributed by atoms with Crippen molar-refractivity contribution >= 4 is 5.69 Å². The molecule has 0 aliphatic heterocycles. The molecule has 1 aromatic rings. The Labute approximate surface area is 103 Å². The Morgan fingerprint density at radius 1 is 1.24 bits per heavy atom. The fourth-order valence-corrected chi connectivity index (χ4v) is 2.58. The second-order valence-electron chi connectivity index (χ2n) is 4.79. The number of nitrogens with zero attached hydrogens (tertiary/aromatic N) is 2. The molecule has 0 aromatic heterocycles. The second-order valence-corrected chi connectivity index (χ2v) is 4.79. The van der Waals surface area contributed by atoms with Crippen LogP contribution in [0.15, 0.2) is 24.3 Å². The fraction of sp³-hybridized carbons (Fsp3) is 0.500. The van der Waals surface area contributed by atoms with E-state index in [0.29, 0.717) is 11.6 Å². The summed E-state index contributed by atoms with van der Waals surface area (Å²) in [5, 5.41) is 8.77. The van der Waals surface area contributed by atoms with Crippen molar-refractivity contribution in [2.75, 3.05) is 11.9 Å². The first kappa shape index (κ1) is 11.9. The molecule has 0 amide bonds. The van der Waals surface area contributed by atoms with Crippen LogP contribution in [-0.2, 0) is 0 Å². The van der Waals surface area contributed by atoms with Crippen molar-refractivity contribution in [3.05, 3.63) is 29.8 Å². The minimum absolute atomic E-state index is 0.268. The highest BCUT2D eigenvalue weighted by atomic mass is 15.2. The molecule has 0 spiro atoms. The van der Waals surface area contributed by atoms with Crippen molar-refractivity contribution in [3.8, 4) is 6.07 Å². The van der Waals surface area contributed by atoms with Crippen LogP contribution in [0.3, 0.4) is 0 Å². The summed E-state index contributed by atoms with van der Waals surface area (Å²) in [6, 6.07) is 10.6.